The van der Waals surface area contributed by atoms with Crippen LogP contribution in [-0.4, -0.2) is 74.6 Å². The standard InChI is InChI=1S/C30H36ClN7O3/c1-30(2,3)41-29(40)38-12-10-37(11-13-38)16-17-4-6-18(7-5-17)27-35-25-24(21(31)15-33-28(25)36-27)34-23-20-9-8-19(14-20)22(23)26(32)39/h4-9,15,19-20,22-23H,10-14,16H2,1-3H3,(H2,32,39)(H2,33,34,35,36)/t19-,20-,22-,23-/m1/s1. The van der Waals surface area contributed by atoms with Crippen LogP contribution in [0.3, 0.4) is 0 Å². The number of hydrogen-bond acceptors (Lipinski definition) is 7. The molecule has 1 saturated heterocycles. The molecule has 2 amide bonds. The Morgan fingerprint density at radius 3 is 2.51 bits per heavy atom. The van der Waals surface area contributed by atoms with Crippen LogP contribution < -0.4 is 11.1 Å². The van der Waals surface area contributed by atoms with Gasteiger partial charge in [-0.25, -0.2) is 14.8 Å². The van der Waals surface area contributed by atoms with Crippen molar-refractivity contribution in [3.8, 4) is 11.4 Å². The summed E-state index contributed by atoms with van der Waals surface area (Å²) in [4.78, 5) is 41.3. The number of aromatic amines is 1. The number of carbonyl (C=O) groups excluding carboxylic acids is 2. The number of nitrogens with one attached hydrogen (secondary N) is 2. The molecule has 3 aromatic rings. The monoisotopic (exact) mass is 577 g/mol. The summed E-state index contributed by atoms with van der Waals surface area (Å²) in [6.07, 6.45) is 6.52. The number of aromatic nitrogens is 3. The maximum absolute atomic E-state index is 12.4. The number of fused-ring (bicyclic) bond motifs is 3. The number of ether oxygens (including phenoxy) is 1. The Bertz CT molecular complexity index is 1490. The highest BCUT2D eigenvalue weighted by Gasteiger charge is 2.47. The third-order valence-corrected chi connectivity index (χ3v) is 8.52. The number of rotatable bonds is 6. The Balaban J connectivity index is 1.13. The lowest BCUT2D eigenvalue weighted by Crippen LogP contribution is -2.49. The normalized spacial score (nSPS) is 24.2. The number of pyridine rings is 1. The van der Waals surface area contributed by atoms with Crippen LogP contribution in [0.25, 0.3) is 22.6 Å². The van der Waals surface area contributed by atoms with Crippen molar-refractivity contribution in [3.05, 3.63) is 53.2 Å². The van der Waals surface area contributed by atoms with Gasteiger partial charge in [0, 0.05) is 44.3 Å². The average molecular weight is 578 g/mol. The molecule has 11 heteroatoms. The number of H-pyrrole nitrogens is 1. The molecule has 2 fully saturated rings. The molecule has 4 N–H and O–H groups in total. The second-order valence-electron chi connectivity index (χ2n) is 12.3. The van der Waals surface area contributed by atoms with Gasteiger partial charge >= 0.3 is 6.09 Å². The third-order valence-electron chi connectivity index (χ3n) is 8.23. The number of imidazole rings is 1. The van der Waals surface area contributed by atoms with E-state index in [4.69, 9.17) is 27.1 Å². The number of anilines is 1. The Hall–Kier alpha value is -3.63. The Kier molecular flexibility index (Phi) is 7.15. The van der Waals surface area contributed by atoms with Crippen LogP contribution in [0.1, 0.15) is 32.8 Å². The van der Waals surface area contributed by atoms with E-state index in [9.17, 15) is 9.59 Å². The maximum atomic E-state index is 12.4. The van der Waals surface area contributed by atoms with Crippen molar-refractivity contribution in [1.82, 2.24) is 24.8 Å². The van der Waals surface area contributed by atoms with Gasteiger partial charge in [-0.2, -0.15) is 0 Å². The quantitative estimate of drug-likeness (QED) is 0.370. The first-order valence-corrected chi connectivity index (χ1v) is 14.5. The summed E-state index contributed by atoms with van der Waals surface area (Å²) in [5.74, 6) is 0.507. The summed E-state index contributed by atoms with van der Waals surface area (Å²) in [5.41, 5.74) is 9.33. The Morgan fingerprint density at radius 1 is 1.12 bits per heavy atom. The predicted octanol–water partition coefficient (Wildman–Crippen LogP) is 4.42. The number of allylic oxidation sites excluding steroid dienone is 1. The minimum absolute atomic E-state index is 0.123. The first-order chi connectivity index (χ1) is 19.6. The van der Waals surface area contributed by atoms with E-state index in [1.54, 1.807) is 11.1 Å². The van der Waals surface area contributed by atoms with Crippen LogP contribution in [0, 0.1) is 17.8 Å². The summed E-state index contributed by atoms with van der Waals surface area (Å²) >= 11 is 6.59. The summed E-state index contributed by atoms with van der Waals surface area (Å²) in [6, 6.07) is 8.16. The molecule has 0 spiro atoms. The molecule has 0 radical (unpaired) electrons. The molecule has 1 saturated carbocycles. The van der Waals surface area contributed by atoms with Crippen LogP contribution in [0.5, 0.6) is 0 Å². The largest absolute Gasteiger partial charge is 0.444 e. The highest BCUT2D eigenvalue weighted by molar-refractivity contribution is 6.34. The van der Waals surface area contributed by atoms with Gasteiger partial charge in [0.15, 0.2) is 5.65 Å². The van der Waals surface area contributed by atoms with Gasteiger partial charge in [-0.1, -0.05) is 48.0 Å². The minimum Gasteiger partial charge on any atom is -0.444 e. The molecule has 10 nitrogen and oxygen atoms in total. The average Bonchev–Trinajstić information content (AvgIpc) is 3.65. The van der Waals surface area contributed by atoms with Crippen molar-refractivity contribution in [3.63, 3.8) is 0 Å². The topological polar surface area (TPSA) is 129 Å². The van der Waals surface area contributed by atoms with E-state index in [1.165, 1.54) is 5.56 Å². The molecule has 2 aliphatic carbocycles. The molecule has 4 atom stereocenters. The van der Waals surface area contributed by atoms with E-state index in [0.29, 0.717) is 40.8 Å². The van der Waals surface area contributed by atoms with Gasteiger partial charge in [0.25, 0.3) is 0 Å². The molecular weight excluding hydrogens is 542 g/mol. The van der Waals surface area contributed by atoms with Crippen molar-refractivity contribution in [2.75, 3.05) is 31.5 Å². The Morgan fingerprint density at radius 2 is 1.83 bits per heavy atom. The second kappa shape index (κ2) is 10.6. The number of piperazine rings is 1. The van der Waals surface area contributed by atoms with Gasteiger partial charge in [-0.3, -0.25) is 9.69 Å². The van der Waals surface area contributed by atoms with E-state index in [2.05, 4.69) is 44.5 Å². The fourth-order valence-corrected chi connectivity index (χ4v) is 6.42. The van der Waals surface area contributed by atoms with Gasteiger partial charge in [-0.05, 0) is 44.6 Å². The minimum atomic E-state index is -0.489. The van der Waals surface area contributed by atoms with Crippen LogP contribution in [-0.2, 0) is 16.1 Å². The first-order valence-electron chi connectivity index (χ1n) is 14.1. The number of nitrogens with zero attached hydrogens (tertiary/aromatic N) is 4. The lowest BCUT2D eigenvalue weighted by atomic mass is 9.88. The van der Waals surface area contributed by atoms with Crippen molar-refractivity contribution in [1.29, 1.82) is 0 Å². The molecular formula is C30H36ClN7O3. The molecule has 2 bridgehead atoms. The van der Waals surface area contributed by atoms with Gasteiger partial charge in [0.2, 0.25) is 5.91 Å². The zero-order valence-electron chi connectivity index (χ0n) is 23.6. The fraction of sp³-hybridized carbons (Fsp3) is 0.467. The number of amides is 2. The number of halogens is 1. The van der Waals surface area contributed by atoms with Gasteiger partial charge in [0.1, 0.15) is 16.9 Å². The van der Waals surface area contributed by atoms with Crippen LogP contribution in [0.2, 0.25) is 5.02 Å². The Labute approximate surface area is 244 Å². The van der Waals surface area contributed by atoms with Crippen LogP contribution in [0.4, 0.5) is 10.5 Å². The molecule has 3 aliphatic rings. The zero-order chi connectivity index (χ0) is 28.9. The highest BCUT2D eigenvalue weighted by atomic mass is 35.5. The molecule has 2 aromatic heterocycles. The number of carbonyl (C=O) groups is 2. The summed E-state index contributed by atoms with van der Waals surface area (Å²) < 4.78 is 5.50. The SMILES string of the molecule is CC(C)(C)OC(=O)N1CCN(Cc2ccc(-c3nc4ncc(Cl)c(N[C@H]5[C@H](C(N)=O)[C@@H]6C=C[C@@H]5C6)c4[nH]3)cc2)CC1. The van der Waals surface area contributed by atoms with E-state index in [-0.39, 0.29) is 35.8 Å². The molecule has 3 heterocycles. The van der Waals surface area contributed by atoms with E-state index >= 15 is 0 Å². The lowest BCUT2D eigenvalue weighted by molar-refractivity contribution is -0.122. The molecule has 1 aliphatic heterocycles. The zero-order valence-corrected chi connectivity index (χ0v) is 24.3. The van der Waals surface area contributed by atoms with Gasteiger partial charge in [-0.15, -0.1) is 0 Å². The molecule has 1 aromatic carbocycles. The fourth-order valence-electron chi connectivity index (χ4n) is 6.23. The predicted molar refractivity (Wildman–Crippen MR) is 158 cm³/mol. The summed E-state index contributed by atoms with van der Waals surface area (Å²) in [5, 5.41) is 3.98. The van der Waals surface area contributed by atoms with Crippen molar-refractivity contribution >= 4 is 40.5 Å². The van der Waals surface area contributed by atoms with Crippen molar-refractivity contribution < 1.29 is 14.3 Å². The molecule has 0 unspecified atom stereocenters. The smallest absolute Gasteiger partial charge is 0.410 e. The van der Waals surface area contributed by atoms with Crippen molar-refractivity contribution in [2.24, 2.45) is 23.5 Å². The maximum Gasteiger partial charge on any atom is 0.410 e. The van der Waals surface area contributed by atoms with E-state index in [0.717, 1.165) is 31.6 Å². The molecule has 41 heavy (non-hydrogen) atoms. The number of hydrogen-bond donors (Lipinski definition) is 3. The third kappa shape index (κ3) is 5.63. The molecule has 216 valence electrons. The first kappa shape index (κ1) is 27.5. The van der Waals surface area contributed by atoms with E-state index in [1.807, 2.05) is 32.9 Å². The van der Waals surface area contributed by atoms with Crippen molar-refractivity contribution in [2.45, 2.75) is 45.4 Å². The van der Waals surface area contributed by atoms with Crippen LogP contribution in [0.15, 0.2) is 42.6 Å². The second-order valence-corrected chi connectivity index (χ2v) is 12.7. The lowest BCUT2D eigenvalue weighted by Gasteiger charge is -2.35. The summed E-state index contributed by atoms with van der Waals surface area (Å²) in [7, 11) is 0. The van der Waals surface area contributed by atoms with E-state index < -0.39 is 5.60 Å². The number of primary amides is 1. The van der Waals surface area contributed by atoms with Crippen LogP contribution >= 0.6 is 11.6 Å². The number of nitrogens with two attached hydrogens (primary N) is 1. The van der Waals surface area contributed by atoms with Gasteiger partial charge < -0.3 is 25.7 Å². The highest BCUT2D eigenvalue weighted by Crippen LogP contribution is 2.46. The number of benzene rings is 1. The summed E-state index contributed by atoms with van der Waals surface area (Å²) in [6.45, 7) is 9.34. The van der Waals surface area contributed by atoms with Gasteiger partial charge in [0.05, 0.1) is 22.8 Å². The molecule has 6 rings (SSSR count).